The second-order valence-electron chi connectivity index (χ2n) is 5.01. The fourth-order valence-electron chi connectivity index (χ4n) is 2.48. The van der Waals surface area contributed by atoms with Crippen molar-refractivity contribution in [2.45, 2.75) is 19.4 Å². The largest absolute Gasteiger partial charge is 0.392 e. The maximum absolute atomic E-state index is 9.08. The molecule has 0 amide bonds. The fraction of sp³-hybridized carbons (Fsp3) is 0.571. The number of likely N-dealkylation sites (tertiary alicyclic amines) is 1. The zero-order valence-electron chi connectivity index (χ0n) is 10.5. The van der Waals surface area contributed by atoms with E-state index >= 15 is 0 Å². The Labute approximate surface area is 103 Å². The number of aliphatic hydroxyl groups excluding tert-OH is 1. The van der Waals surface area contributed by atoms with Crippen molar-refractivity contribution in [3.05, 3.63) is 29.8 Å². The maximum Gasteiger partial charge on any atom is 0.0682 e. The second kappa shape index (κ2) is 6.03. The van der Waals surface area contributed by atoms with Crippen molar-refractivity contribution in [1.29, 1.82) is 0 Å². The quantitative estimate of drug-likeness (QED) is 0.835. The topological polar surface area (TPSA) is 35.5 Å². The number of rotatable bonds is 4. The molecule has 0 bridgehead atoms. The van der Waals surface area contributed by atoms with Gasteiger partial charge in [-0.1, -0.05) is 12.1 Å². The van der Waals surface area contributed by atoms with Crippen molar-refractivity contribution in [2.24, 2.45) is 5.92 Å². The fourth-order valence-corrected chi connectivity index (χ4v) is 2.48. The average Bonchev–Trinajstić information content (AvgIpc) is 2.37. The van der Waals surface area contributed by atoms with Gasteiger partial charge in [0.1, 0.15) is 0 Å². The van der Waals surface area contributed by atoms with Crippen molar-refractivity contribution in [3.63, 3.8) is 0 Å². The first-order valence-electron chi connectivity index (χ1n) is 6.40. The molecule has 0 saturated carbocycles. The summed E-state index contributed by atoms with van der Waals surface area (Å²) in [5.74, 6) is 0.742. The lowest BCUT2D eigenvalue weighted by Gasteiger charge is -2.30. The number of benzene rings is 1. The van der Waals surface area contributed by atoms with Crippen LogP contribution in [0.3, 0.4) is 0 Å². The highest BCUT2D eigenvalue weighted by atomic mass is 16.3. The summed E-state index contributed by atoms with van der Waals surface area (Å²) in [6, 6.07) is 8.01. The van der Waals surface area contributed by atoms with Gasteiger partial charge in [0.15, 0.2) is 0 Å². The highest BCUT2D eigenvalue weighted by molar-refractivity contribution is 5.45. The molecule has 1 heterocycles. The summed E-state index contributed by atoms with van der Waals surface area (Å²) in [6.07, 6.45) is 2.62. The molecule has 2 N–H and O–H groups in total. The molecule has 0 spiro atoms. The van der Waals surface area contributed by atoms with Gasteiger partial charge in [-0.3, -0.25) is 0 Å². The van der Waals surface area contributed by atoms with Crippen LogP contribution < -0.4 is 5.32 Å². The van der Waals surface area contributed by atoms with Gasteiger partial charge in [-0.25, -0.2) is 0 Å². The van der Waals surface area contributed by atoms with E-state index in [1.807, 2.05) is 18.2 Å². The van der Waals surface area contributed by atoms with Gasteiger partial charge < -0.3 is 15.3 Å². The van der Waals surface area contributed by atoms with E-state index < -0.39 is 0 Å². The monoisotopic (exact) mass is 234 g/mol. The Morgan fingerprint density at radius 3 is 3.12 bits per heavy atom. The summed E-state index contributed by atoms with van der Waals surface area (Å²) in [5, 5.41) is 12.6. The molecule has 0 aromatic heterocycles. The van der Waals surface area contributed by atoms with Crippen molar-refractivity contribution >= 4 is 5.69 Å². The minimum atomic E-state index is 0.113. The molecule has 1 fully saturated rings. The Hall–Kier alpha value is -1.06. The van der Waals surface area contributed by atoms with Crippen LogP contribution in [0.2, 0.25) is 0 Å². The summed E-state index contributed by atoms with van der Waals surface area (Å²) in [7, 11) is 2.19. The highest BCUT2D eigenvalue weighted by Gasteiger charge is 2.16. The van der Waals surface area contributed by atoms with Gasteiger partial charge in [-0.2, -0.15) is 0 Å². The van der Waals surface area contributed by atoms with Gasteiger partial charge in [0.05, 0.1) is 6.61 Å². The standard InChI is InChI=1S/C14H22N2O/c1-16-7-3-5-13(10-16)9-15-14-6-2-4-12(8-14)11-17/h2,4,6,8,13,15,17H,3,5,7,9-11H2,1H3. The molecular formula is C14H22N2O. The molecule has 1 aromatic rings. The number of nitrogens with zero attached hydrogens (tertiary/aromatic N) is 1. The highest BCUT2D eigenvalue weighted by Crippen LogP contribution is 2.17. The molecule has 3 nitrogen and oxygen atoms in total. The lowest BCUT2D eigenvalue weighted by molar-refractivity contribution is 0.217. The lowest BCUT2D eigenvalue weighted by Crippen LogP contribution is -2.35. The van der Waals surface area contributed by atoms with Gasteiger partial charge in [0.2, 0.25) is 0 Å². The first-order chi connectivity index (χ1) is 8.28. The van der Waals surface area contributed by atoms with Crippen molar-refractivity contribution in [1.82, 2.24) is 4.90 Å². The summed E-state index contributed by atoms with van der Waals surface area (Å²) in [5.41, 5.74) is 2.08. The molecule has 1 aliphatic rings. The normalized spacial score (nSPS) is 21.4. The molecule has 17 heavy (non-hydrogen) atoms. The molecule has 1 saturated heterocycles. The van der Waals surface area contributed by atoms with E-state index in [2.05, 4.69) is 23.3 Å². The zero-order chi connectivity index (χ0) is 12.1. The number of hydrogen-bond acceptors (Lipinski definition) is 3. The third-order valence-corrected chi connectivity index (χ3v) is 3.43. The van der Waals surface area contributed by atoms with Gasteiger partial charge in [0, 0.05) is 18.8 Å². The van der Waals surface area contributed by atoms with Crippen LogP contribution in [0, 0.1) is 5.92 Å². The van der Waals surface area contributed by atoms with Gasteiger partial charge in [-0.05, 0) is 50.0 Å². The lowest BCUT2D eigenvalue weighted by atomic mass is 9.98. The van der Waals surface area contributed by atoms with Gasteiger partial charge in [0.25, 0.3) is 0 Å². The van der Waals surface area contributed by atoms with E-state index in [4.69, 9.17) is 5.11 Å². The van der Waals surface area contributed by atoms with Gasteiger partial charge >= 0.3 is 0 Å². The number of piperidine rings is 1. The zero-order valence-corrected chi connectivity index (χ0v) is 10.5. The van der Waals surface area contributed by atoms with Crippen LogP contribution in [0.5, 0.6) is 0 Å². The minimum Gasteiger partial charge on any atom is -0.392 e. The third kappa shape index (κ3) is 3.72. The van der Waals surface area contributed by atoms with E-state index in [-0.39, 0.29) is 6.61 Å². The number of aliphatic hydroxyl groups is 1. The Balaban J connectivity index is 1.84. The van der Waals surface area contributed by atoms with E-state index in [1.165, 1.54) is 25.9 Å². The SMILES string of the molecule is CN1CCCC(CNc2cccc(CO)c2)C1. The summed E-state index contributed by atoms with van der Waals surface area (Å²) < 4.78 is 0. The van der Waals surface area contributed by atoms with Crippen molar-refractivity contribution in [3.8, 4) is 0 Å². The molecule has 1 atom stereocenters. The first-order valence-corrected chi connectivity index (χ1v) is 6.40. The van der Waals surface area contributed by atoms with Crippen LogP contribution in [-0.2, 0) is 6.61 Å². The molecule has 0 radical (unpaired) electrons. The van der Waals surface area contributed by atoms with Crippen LogP contribution in [0.4, 0.5) is 5.69 Å². The number of hydrogen-bond donors (Lipinski definition) is 2. The Morgan fingerprint density at radius 2 is 2.35 bits per heavy atom. The van der Waals surface area contributed by atoms with Crippen LogP contribution in [-0.4, -0.2) is 36.7 Å². The van der Waals surface area contributed by atoms with E-state index in [0.29, 0.717) is 0 Å². The Kier molecular flexibility index (Phi) is 4.40. The molecule has 3 heteroatoms. The molecule has 2 rings (SSSR count). The Morgan fingerprint density at radius 1 is 1.47 bits per heavy atom. The Bertz CT molecular complexity index is 354. The van der Waals surface area contributed by atoms with Crippen LogP contribution in [0.25, 0.3) is 0 Å². The summed E-state index contributed by atoms with van der Waals surface area (Å²) >= 11 is 0. The molecule has 1 unspecified atom stereocenters. The third-order valence-electron chi connectivity index (χ3n) is 3.43. The smallest absolute Gasteiger partial charge is 0.0682 e. The molecule has 1 aromatic carbocycles. The van der Waals surface area contributed by atoms with Crippen molar-refractivity contribution < 1.29 is 5.11 Å². The number of anilines is 1. The molecule has 0 aliphatic carbocycles. The van der Waals surface area contributed by atoms with Gasteiger partial charge in [-0.15, -0.1) is 0 Å². The second-order valence-corrected chi connectivity index (χ2v) is 5.01. The number of nitrogens with one attached hydrogen (secondary N) is 1. The summed E-state index contributed by atoms with van der Waals surface area (Å²) in [4.78, 5) is 2.40. The van der Waals surface area contributed by atoms with Crippen molar-refractivity contribution in [2.75, 3.05) is 32.0 Å². The van der Waals surface area contributed by atoms with Crippen LogP contribution in [0.1, 0.15) is 18.4 Å². The predicted molar refractivity (Wildman–Crippen MR) is 71.1 cm³/mol. The average molecular weight is 234 g/mol. The van der Waals surface area contributed by atoms with E-state index in [9.17, 15) is 0 Å². The first kappa shape index (κ1) is 12.4. The van der Waals surface area contributed by atoms with Crippen LogP contribution in [0.15, 0.2) is 24.3 Å². The van der Waals surface area contributed by atoms with E-state index in [0.717, 1.165) is 23.7 Å². The summed E-state index contributed by atoms with van der Waals surface area (Å²) in [6.45, 7) is 3.56. The van der Waals surface area contributed by atoms with Crippen LogP contribution >= 0.6 is 0 Å². The van der Waals surface area contributed by atoms with E-state index in [1.54, 1.807) is 0 Å². The maximum atomic E-state index is 9.08. The molecule has 94 valence electrons. The molecule has 1 aliphatic heterocycles. The predicted octanol–water partition coefficient (Wildman–Crippen LogP) is 1.93. The minimum absolute atomic E-state index is 0.113. The molecular weight excluding hydrogens is 212 g/mol.